The van der Waals surface area contributed by atoms with Crippen LogP contribution >= 0.6 is 11.6 Å². The molecule has 0 saturated carbocycles. The van der Waals surface area contributed by atoms with Crippen molar-refractivity contribution in [2.45, 2.75) is 25.4 Å². The third kappa shape index (κ3) is 3.17. The molecule has 0 spiro atoms. The normalized spacial score (nSPS) is 22.4. The number of nitrogens with one attached hydrogen (secondary N) is 1. The highest BCUT2D eigenvalue weighted by Gasteiger charge is 2.33. The lowest BCUT2D eigenvalue weighted by molar-refractivity contribution is 0.309. The highest BCUT2D eigenvalue weighted by molar-refractivity contribution is 6.29. The summed E-state index contributed by atoms with van der Waals surface area (Å²) >= 11 is 6.02. The Hall–Kier alpha value is -1.65. The van der Waals surface area contributed by atoms with E-state index in [4.69, 9.17) is 11.6 Å². The molecule has 0 aliphatic carbocycles. The van der Waals surface area contributed by atoms with E-state index in [0.29, 0.717) is 23.1 Å². The number of rotatable bonds is 3. The molecule has 1 N–H and O–H groups in total. The molecule has 2 heterocycles. The maximum atomic E-state index is 6.02. The van der Waals surface area contributed by atoms with Crippen LogP contribution in [0.5, 0.6) is 0 Å². The highest BCUT2D eigenvalue weighted by Crippen LogP contribution is 2.32. The van der Waals surface area contributed by atoms with Gasteiger partial charge in [0.2, 0.25) is 0 Å². The number of anilines is 1. The van der Waals surface area contributed by atoms with E-state index in [2.05, 4.69) is 57.6 Å². The van der Waals surface area contributed by atoms with Crippen molar-refractivity contribution in [2.24, 2.45) is 0 Å². The number of hydrogen-bond donors (Lipinski definition) is 1. The number of nitrogens with zero attached hydrogens (tertiary/aromatic N) is 3. The molecule has 0 unspecified atom stereocenters. The van der Waals surface area contributed by atoms with E-state index in [-0.39, 0.29) is 0 Å². The lowest BCUT2D eigenvalue weighted by atomic mass is 10.0. The Morgan fingerprint density at radius 2 is 2.00 bits per heavy atom. The third-order valence-electron chi connectivity index (χ3n) is 3.93. The average molecular weight is 303 g/mol. The van der Waals surface area contributed by atoms with E-state index in [0.717, 1.165) is 18.8 Å². The first-order valence-corrected chi connectivity index (χ1v) is 7.54. The van der Waals surface area contributed by atoms with Crippen molar-refractivity contribution in [3.05, 3.63) is 52.9 Å². The minimum atomic E-state index is 0.322. The molecular formula is C16H19ClN4. The summed E-state index contributed by atoms with van der Waals surface area (Å²) in [4.78, 5) is 10.9. The van der Waals surface area contributed by atoms with E-state index < -0.39 is 0 Å². The van der Waals surface area contributed by atoms with Crippen LogP contribution < -0.4 is 5.32 Å². The Kier molecular flexibility index (Phi) is 4.08. The molecule has 1 aromatic heterocycles. The molecule has 2 aromatic rings. The topological polar surface area (TPSA) is 41.1 Å². The van der Waals surface area contributed by atoms with E-state index in [1.165, 1.54) is 5.56 Å². The number of likely N-dealkylation sites (tertiary alicyclic amines) is 1. The summed E-state index contributed by atoms with van der Waals surface area (Å²) in [5, 5.41) is 4.00. The van der Waals surface area contributed by atoms with Crippen molar-refractivity contribution in [3.8, 4) is 0 Å². The quantitative estimate of drug-likeness (QED) is 0.883. The molecule has 0 bridgehead atoms. The van der Waals surface area contributed by atoms with Crippen molar-refractivity contribution >= 4 is 17.4 Å². The first-order valence-electron chi connectivity index (χ1n) is 7.16. The predicted octanol–water partition coefficient (Wildman–Crippen LogP) is 3.30. The predicted molar refractivity (Wildman–Crippen MR) is 85.6 cm³/mol. The zero-order valence-electron chi connectivity index (χ0n) is 12.3. The van der Waals surface area contributed by atoms with Gasteiger partial charge in [-0.2, -0.15) is 0 Å². The number of hydrogen-bond acceptors (Lipinski definition) is 4. The second-order valence-corrected chi connectivity index (χ2v) is 5.89. The van der Waals surface area contributed by atoms with Crippen molar-refractivity contribution in [3.63, 3.8) is 0 Å². The Labute approximate surface area is 130 Å². The molecule has 1 fully saturated rings. The molecule has 2 atom stereocenters. The largest absolute Gasteiger partial charge is 0.365 e. The molecule has 0 amide bonds. The fourth-order valence-electron chi connectivity index (χ4n) is 3.03. The molecule has 1 aromatic carbocycles. The van der Waals surface area contributed by atoms with Gasteiger partial charge in [0, 0.05) is 18.7 Å². The summed E-state index contributed by atoms with van der Waals surface area (Å²) in [6.07, 6.45) is 1.08. The van der Waals surface area contributed by atoms with Gasteiger partial charge in [0.05, 0.1) is 6.04 Å². The summed E-state index contributed by atoms with van der Waals surface area (Å²) in [7, 11) is 2.16. The van der Waals surface area contributed by atoms with Crippen LogP contribution in [0, 0.1) is 6.92 Å². The molecule has 1 aliphatic heterocycles. The minimum Gasteiger partial charge on any atom is -0.365 e. The average Bonchev–Trinajstić information content (AvgIpc) is 2.79. The van der Waals surface area contributed by atoms with Gasteiger partial charge >= 0.3 is 0 Å². The Bertz CT molecular complexity index is 597. The Morgan fingerprint density at radius 1 is 1.24 bits per heavy atom. The van der Waals surface area contributed by atoms with Crippen LogP contribution in [0.15, 0.2) is 36.4 Å². The minimum absolute atomic E-state index is 0.322. The molecule has 1 saturated heterocycles. The molecule has 0 radical (unpaired) electrons. The summed E-state index contributed by atoms with van der Waals surface area (Å²) in [5.74, 6) is 1.49. The summed E-state index contributed by atoms with van der Waals surface area (Å²) in [5.41, 5.74) is 1.33. The smallest absolute Gasteiger partial charge is 0.134 e. The Morgan fingerprint density at radius 3 is 2.71 bits per heavy atom. The molecular weight excluding hydrogens is 284 g/mol. The van der Waals surface area contributed by atoms with Crippen LogP contribution in [0.25, 0.3) is 0 Å². The van der Waals surface area contributed by atoms with Gasteiger partial charge < -0.3 is 5.32 Å². The van der Waals surface area contributed by atoms with Crippen LogP contribution in [0.3, 0.4) is 0 Å². The first kappa shape index (κ1) is 14.3. The maximum absolute atomic E-state index is 6.02. The van der Waals surface area contributed by atoms with Crippen LogP contribution in [0.1, 0.15) is 23.9 Å². The fraction of sp³-hybridized carbons (Fsp3) is 0.375. The number of benzene rings is 1. The van der Waals surface area contributed by atoms with Crippen molar-refractivity contribution in [1.29, 1.82) is 0 Å². The van der Waals surface area contributed by atoms with Gasteiger partial charge in [-0.05, 0) is 26.0 Å². The molecule has 110 valence electrons. The monoisotopic (exact) mass is 302 g/mol. The van der Waals surface area contributed by atoms with Gasteiger partial charge in [-0.15, -0.1) is 0 Å². The maximum Gasteiger partial charge on any atom is 0.134 e. The summed E-state index contributed by atoms with van der Waals surface area (Å²) in [6.45, 7) is 2.92. The molecule has 3 rings (SSSR count). The van der Waals surface area contributed by atoms with E-state index in [1.54, 1.807) is 6.07 Å². The SMILES string of the molecule is Cc1nc(Cl)cc(N[C@H]2CCN(C)[C@@H]2c2ccccc2)n1. The van der Waals surface area contributed by atoms with E-state index in [9.17, 15) is 0 Å². The van der Waals surface area contributed by atoms with Crippen LogP contribution in [-0.4, -0.2) is 34.5 Å². The summed E-state index contributed by atoms with van der Waals surface area (Å²) in [6, 6.07) is 13.0. The van der Waals surface area contributed by atoms with Crippen LogP contribution in [0.2, 0.25) is 5.15 Å². The standard InChI is InChI=1S/C16H19ClN4/c1-11-18-14(17)10-15(19-11)20-13-8-9-21(2)16(13)12-6-4-3-5-7-12/h3-7,10,13,16H,8-9H2,1-2H3,(H,18,19,20)/t13-,16+/m0/s1. The first-order chi connectivity index (χ1) is 10.1. The van der Waals surface area contributed by atoms with Crippen LogP contribution in [0.4, 0.5) is 5.82 Å². The second-order valence-electron chi connectivity index (χ2n) is 5.50. The molecule has 21 heavy (non-hydrogen) atoms. The number of aryl methyl sites for hydroxylation is 1. The Balaban J connectivity index is 1.84. The van der Waals surface area contributed by atoms with Crippen molar-refractivity contribution in [2.75, 3.05) is 18.9 Å². The lowest BCUT2D eigenvalue weighted by Gasteiger charge is -2.26. The van der Waals surface area contributed by atoms with Gasteiger partial charge in [0.15, 0.2) is 0 Å². The highest BCUT2D eigenvalue weighted by atomic mass is 35.5. The fourth-order valence-corrected chi connectivity index (χ4v) is 3.26. The zero-order valence-corrected chi connectivity index (χ0v) is 13.0. The number of likely N-dealkylation sites (N-methyl/N-ethyl adjacent to an activating group) is 1. The molecule has 5 heteroatoms. The van der Waals surface area contributed by atoms with Gasteiger partial charge in [-0.3, -0.25) is 4.90 Å². The third-order valence-corrected chi connectivity index (χ3v) is 4.12. The van der Waals surface area contributed by atoms with Gasteiger partial charge in [0.1, 0.15) is 16.8 Å². The van der Waals surface area contributed by atoms with Gasteiger partial charge in [-0.1, -0.05) is 41.9 Å². The molecule has 1 aliphatic rings. The number of aromatic nitrogens is 2. The van der Waals surface area contributed by atoms with Crippen molar-refractivity contribution in [1.82, 2.24) is 14.9 Å². The lowest BCUT2D eigenvalue weighted by Crippen LogP contribution is -2.29. The molecule has 4 nitrogen and oxygen atoms in total. The van der Waals surface area contributed by atoms with Gasteiger partial charge in [-0.25, -0.2) is 9.97 Å². The van der Waals surface area contributed by atoms with E-state index >= 15 is 0 Å². The van der Waals surface area contributed by atoms with E-state index in [1.807, 2.05) is 6.92 Å². The second kappa shape index (κ2) is 6.00. The van der Waals surface area contributed by atoms with Crippen molar-refractivity contribution < 1.29 is 0 Å². The number of halogens is 1. The van der Waals surface area contributed by atoms with Gasteiger partial charge in [0.25, 0.3) is 0 Å². The zero-order chi connectivity index (χ0) is 14.8. The summed E-state index contributed by atoms with van der Waals surface area (Å²) < 4.78 is 0. The van der Waals surface area contributed by atoms with Crippen LogP contribution in [-0.2, 0) is 0 Å².